The van der Waals surface area contributed by atoms with Gasteiger partial charge in [0.1, 0.15) is 0 Å². The maximum atomic E-state index is 13.7. The van der Waals surface area contributed by atoms with Gasteiger partial charge in [0.15, 0.2) is 17.7 Å². The number of anilines is 1. The highest BCUT2D eigenvalue weighted by molar-refractivity contribution is 7.89. The fraction of sp³-hybridized carbons (Fsp3) is 0.391. The first-order valence-corrected chi connectivity index (χ1v) is 12.5. The van der Waals surface area contributed by atoms with E-state index < -0.39 is 34.4 Å². The summed E-state index contributed by atoms with van der Waals surface area (Å²) in [6, 6.07) is 14.3. The van der Waals surface area contributed by atoms with Crippen LogP contribution in [0.5, 0.6) is 0 Å². The lowest BCUT2D eigenvalue weighted by Gasteiger charge is -2.35. The van der Waals surface area contributed by atoms with Crippen LogP contribution < -0.4 is 4.90 Å². The first-order chi connectivity index (χ1) is 16.2. The molecule has 1 unspecified atom stereocenters. The molecule has 1 aromatic heterocycles. The number of rotatable bonds is 7. The number of esters is 1. The maximum Gasteiger partial charge on any atom is 0.323 e. The standard InChI is InChI=1S/C23H26F2N4O4S/c1-16-6-5-7-18(14-16)27-10-12-28(13-11-27)34(31,32)15-21(30)33-17(2)22-26-19-8-3-4-9-20(19)29(22)23(24)25/h3-9,14,17,23H,10-13,15H2,1-2H3. The summed E-state index contributed by atoms with van der Waals surface area (Å²) in [7, 11) is -3.92. The number of fused-ring (bicyclic) bond motifs is 1. The van der Waals surface area contributed by atoms with Crippen LogP contribution in [0, 0.1) is 6.92 Å². The number of halogens is 2. The Morgan fingerprint density at radius 3 is 2.47 bits per heavy atom. The molecule has 0 bridgehead atoms. The molecule has 4 rings (SSSR count). The quantitative estimate of drug-likeness (QED) is 0.470. The molecule has 2 aromatic carbocycles. The van der Waals surface area contributed by atoms with Crippen molar-refractivity contribution in [3.8, 4) is 0 Å². The van der Waals surface area contributed by atoms with Crippen LogP contribution in [-0.2, 0) is 19.6 Å². The van der Waals surface area contributed by atoms with E-state index in [1.807, 2.05) is 31.2 Å². The lowest BCUT2D eigenvalue weighted by molar-refractivity contribution is -0.146. The molecular weight excluding hydrogens is 466 g/mol. The number of benzene rings is 2. The molecule has 0 amide bonds. The second-order valence-electron chi connectivity index (χ2n) is 8.22. The minimum absolute atomic E-state index is 0.145. The van der Waals surface area contributed by atoms with Crippen molar-refractivity contribution in [3.05, 3.63) is 59.9 Å². The molecule has 8 nitrogen and oxygen atoms in total. The van der Waals surface area contributed by atoms with Gasteiger partial charge in [0, 0.05) is 31.9 Å². The average molecular weight is 493 g/mol. The topological polar surface area (TPSA) is 84.7 Å². The summed E-state index contributed by atoms with van der Waals surface area (Å²) in [6.45, 7) is 1.95. The lowest BCUT2D eigenvalue weighted by atomic mass is 10.2. The molecule has 1 atom stereocenters. The number of hydrogen-bond donors (Lipinski definition) is 0. The van der Waals surface area contributed by atoms with Crippen LogP contribution in [0.15, 0.2) is 48.5 Å². The Balaban J connectivity index is 1.39. The highest BCUT2D eigenvalue weighted by atomic mass is 32.2. The van der Waals surface area contributed by atoms with Crippen molar-refractivity contribution in [2.24, 2.45) is 0 Å². The molecule has 1 saturated heterocycles. The van der Waals surface area contributed by atoms with Gasteiger partial charge in [0.25, 0.3) is 0 Å². The van der Waals surface area contributed by atoms with Gasteiger partial charge in [-0.25, -0.2) is 13.4 Å². The molecular formula is C23H26F2N4O4S. The van der Waals surface area contributed by atoms with Crippen LogP contribution >= 0.6 is 0 Å². The van der Waals surface area contributed by atoms with E-state index in [0.717, 1.165) is 11.3 Å². The fourth-order valence-corrected chi connectivity index (χ4v) is 5.40. The van der Waals surface area contributed by atoms with Gasteiger partial charge in [-0.15, -0.1) is 0 Å². The number of aryl methyl sites for hydroxylation is 1. The summed E-state index contributed by atoms with van der Waals surface area (Å²) in [5.41, 5.74) is 2.67. The summed E-state index contributed by atoms with van der Waals surface area (Å²) in [6.07, 6.45) is -1.15. The van der Waals surface area contributed by atoms with E-state index in [4.69, 9.17) is 4.74 Å². The van der Waals surface area contributed by atoms with Gasteiger partial charge < -0.3 is 9.64 Å². The molecule has 0 radical (unpaired) electrons. The number of alkyl halides is 2. The third kappa shape index (κ3) is 5.05. The first-order valence-electron chi connectivity index (χ1n) is 10.9. The summed E-state index contributed by atoms with van der Waals surface area (Å²) in [5.74, 6) is -2.02. The zero-order valence-corrected chi connectivity index (χ0v) is 19.7. The second kappa shape index (κ2) is 9.67. The van der Waals surface area contributed by atoms with Gasteiger partial charge in [0.2, 0.25) is 10.0 Å². The SMILES string of the molecule is Cc1cccc(N2CCN(S(=O)(=O)CC(=O)OC(C)c3nc4ccccc4n3C(F)F)CC2)c1. The van der Waals surface area contributed by atoms with Crippen molar-refractivity contribution in [1.29, 1.82) is 0 Å². The van der Waals surface area contributed by atoms with E-state index in [1.165, 1.54) is 17.3 Å². The summed E-state index contributed by atoms with van der Waals surface area (Å²) < 4.78 is 60.1. The number of nitrogens with zero attached hydrogens (tertiary/aromatic N) is 4. The third-order valence-electron chi connectivity index (χ3n) is 5.79. The smallest absolute Gasteiger partial charge is 0.323 e. The minimum atomic E-state index is -3.92. The fourth-order valence-electron chi connectivity index (χ4n) is 4.13. The van der Waals surface area contributed by atoms with Crippen LogP contribution in [0.1, 0.15) is 31.0 Å². The van der Waals surface area contributed by atoms with E-state index in [0.29, 0.717) is 23.2 Å². The zero-order chi connectivity index (χ0) is 24.5. The molecule has 0 aliphatic carbocycles. The summed E-state index contributed by atoms with van der Waals surface area (Å²) in [4.78, 5) is 18.7. The Hall–Kier alpha value is -3.05. The predicted octanol–water partition coefficient (Wildman–Crippen LogP) is 3.50. The molecule has 1 aliphatic rings. The first kappa shape index (κ1) is 24.1. The molecule has 34 heavy (non-hydrogen) atoms. The molecule has 2 heterocycles. The average Bonchev–Trinajstić information content (AvgIpc) is 3.19. The maximum absolute atomic E-state index is 13.7. The number of ether oxygens (including phenoxy) is 1. The number of carbonyl (C=O) groups excluding carboxylic acids is 1. The van der Waals surface area contributed by atoms with Gasteiger partial charge in [0.05, 0.1) is 11.0 Å². The molecule has 3 aromatic rings. The molecule has 1 fully saturated rings. The highest BCUT2D eigenvalue weighted by Crippen LogP contribution is 2.28. The van der Waals surface area contributed by atoms with Crippen molar-refractivity contribution in [1.82, 2.24) is 13.9 Å². The Kier molecular flexibility index (Phi) is 6.85. The number of aromatic nitrogens is 2. The van der Waals surface area contributed by atoms with Gasteiger partial charge in [-0.05, 0) is 43.7 Å². The number of piperazine rings is 1. The molecule has 0 saturated carbocycles. The van der Waals surface area contributed by atoms with E-state index in [1.54, 1.807) is 18.2 Å². The molecule has 182 valence electrons. The van der Waals surface area contributed by atoms with Crippen molar-refractivity contribution in [2.45, 2.75) is 26.5 Å². The van der Waals surface area contributed by atoms with Gasteiger partial charge >= 0.3 is 12.5 Å². The Labute approximate surface area is 196 Å². The monoisotopic (exact) mass is 492 g/mol. The van der Waals surface area contributed by atoms with Crippen LogP contribution in [0.25, 0.3) is 11.0 Å². The van der Waals surface area contributed by atoms with E-state index in [9.17, 15) is 22.0 Å². The minimum Gasteiger partial charge on any atom is -0.454 e. The Bertz CT molecular complexity index is 1290. The van der Waals surface area contributed by atoms with Crippen molar-refractivity contribution >= 4 is 32.7 Å². The molecule has 1 aliphatic heterocycles. The number of sulfonamides is 1. The van der Waals surface area contributed by atoms with Gasteiger partial charge in [-0.1, -0.05) is 24.3 Å². The van der Waals surface area contributed by atoms with Crippen molar-refractivity contribution in [2.75, 3.05) is 36.8 Å². The van der Waals surface area contributed by atoms with E-state index in [2.05, 4.69) is 9.88 Å². The van der Waals surface area contributed by atoms with Crippen molar-refractivity contribution in [3.63, 3.8) is 0 Å². The molecule has 0 N–H and O–H groups in total. The largest absolute Gasteiger partial charge is 0.454 e. The molecule has 0 spiro atoms. The van der Waals surface area contributed by atoms with E-state index >= 15 is 0 Å². The Morgan fingerprint density at radius 1 is 1.09 bits per heavy atom. The lowest BCUT2D eigenvalue weighted by Crippen LogP contribution is -2.50. The summed E-state index contributed by atoms with van der Waals surface area (Å²) in [5, 5.41) is 0. The van der Waals surface area contributed by atoms with Crippen LogP contribution in [0.2, 0.25) is 0 Å². The predicted molar refractivity (Wildman–Crippen MR) is 124 cm³/mol. The highest BCUT2D eigenvalue weighted by Gasteiger charge is 2.31. The van der Waals surface area contributed by atoms with Crippen LogP contribution in [-0.4, -0.2) is 60.2 Å². The number of carbonyl (C=O) groups is 1. The van der Waals surface area contributed by atoms with E-state index in [-0.39, 0.29) is 24.4 Å². The number of para-hydroxylation sites is 2. The van der Waals surface area contributed by atoms with Gasteiger partial charge in [-0.3, -0.25) is 9.36 Å². The summed E-state index contributed by atoms with van der Waals surface area (Å²) >= 11 is 0. The number of hydrogen-bond acceptors (Lipinski definition) is 6. The van der Waals surface area contributed by atoms with Crippen molar-refractivity contribution < 1.29 is 26.7 Å². The van der Waals surface area contributed by atoms with Crippen LogP contribution in [0.3, 0.4) is 0 Å². The third-order valence-corrected chi connectivity index (χ3v) is 7.54. The normalized spacial score (nSPS) is 16.2. The second-order valence-corrected chi connectivity index (χ2v) is 10.2. The Morgan fingerprint density at radius 2 is 1.79 bits per heavy atom. The van der Waals surface area contributed by atoms with Crippen LogP contribution in [0.4, 0.5) is 14.5 Å². The molecule has 11 heteroatoms. The zero-order valence-electron chi connectivity index (χ0n) is 18.9. The van der Waals surface area contributed by atoms with Gasteiger partial charge in [-0.2, -0.15) is 13.1 Å². The number of imidazole rings is 1.